The van der Waals surface area contributed by atoms with Gasteiger partial charge in [-0.25, -0.2) is 0 Å². The van der Waals surface area contributed by atoms with E-state index in [1.807, 2.05) is 38.1 Å². The van der Waals surface area contributed by atoms with Gasteiger partial charge in [0.1, 0.15) is 11.0 Å². The molecule has 0 saturated heterocycles. The normalized spacial score (nSPS) is 11.9. The first-order valence-electron chi connectivity index (χ1n) is 8.19. The molecule has 0 N–H and O–H groups in total. The largest absolute Gasteiger partial charge is 0.466 e. The van der Waals surface area contributed by atoms with Crippen molar-refractivity contribution in [2.75, 3.05) is 12.4 Å². The second-order valence-electron chi connectivity index (χ2n) is 5.72. The number of rotatable bonds is 6. The molecule has 1 unspecified atom stereocenters. The predicted octanol–water partition coefficient (Wildman–Crippen LogP) is 4.52. The Morgan fingerprint density at radius 2 is 2.04 bits per heavy atom. The van der Waals surface area contributed by atoms with E-state index in [0.29, 0.717) is 17.9 Å². The summed E-state index contributed by atoms with van der Waals surface area (Å²) < 4.78 is 13.9. The Kier molecular flexibility index (Phi) is 5.86. The lowest BCUT2D eigenvalue weighted by Crippen LogP contribution is -2.16. The Morgan fingerprint density at radius 3 is 2.73 bits per heavy atom. The van der Waals surface area contributed by atoms with Gasteiger partial charge in [0, 0.05) is 16.2 Å². The predicted molar refractivity (Wildman–Crippen MR) is 104 cm³/mol. The number of esters is 1. The summed E-state index contributed by atoms with van der Waals surface area (Å²) in [5.74, 6) is 0.236. The third-order valence-electron chi connectivity index (χ3n) is 3.87. The van der Waals surface area contributed by atoms with Crippen molar-refractivity contribution in [3.8, 4) is 17.2 Å². The molecule has 5 nitrogen and oxygen atoms in total. The molecular formula is C19H17N3O2S2. The zero-order valence-electron chi connectivity index (χ0n) is 14.4. The summed E-state index contributed by atoms with van der Waals surface area (Å²) in [5.41, 5.74) is 4.27. The van der Waals surface area contributed by atoms with Gasteiger partial charge in [-0.3, -0.25) is 4.79 Å². The van der Waals surface area contributed by atoms with E-state index in [2.05, 4.69) is 14.8 Å². The van der Waals surface area contributed by atoms with Gasteiger partial charge < -0.3 is 4.74 Å². The summed E-state index contributed by atoms with van der Waals surface area (Å²) in [6.45, 7) is 4.07. The fourth-order valence-corrected chi connectivity index (χ4v) is 4.14. The van der Waals surface area contributed by atoms with Gasteiger partial charge in [0.25, 0.3) is 0 Å². The molecule has 0 fully saturated rings. The number of carbonyl (C=O) groups is 1. The quantitative estimate of drug-likeness (QED) is 0.460. The molecule has 0 amide bonds. The van der Waals surface area contributed by atoms with E-state index in [9.17, 15) is 4.79 Å². The van der Waals surface area contributed by atoms with Crippen LogP contribution in [0.25, 0.3) is 22.2 Å². The minimum Gasteiger partial charge on any atom is -0.466 e. The highest BCUT2D eigenvalue weighted by Crippen LogP contribution is 2.37. The van der Waals surface area contributed by atoms with E-state index >= 15 is 0 Å². The first kappa shape index (κ1) is 18.4. The van der Waals surface area contributed by atoms with Crippen LogP contribution in [0.2, 0.25) is 0 Å². The van der Waals surface area contributed by atoms with Crippen molar-refractivity contribution in [3.05, 3.63) is 42.0 Å². The number of thioether (sulfide) groups is 1. The van der Waals surface area contributed by atoms with E-state index < -0.39 is 0 Å². The molecule has 26 heavy (non-hydrogen) atoms. The lowest BCUT2D eigenvalue weighted by molar-refractivity contribution is -0.146. The SMILES string of the molecule is CCOC(=O)C(C)CSc1ccc2nsnc2c1-c1ccc(C#N)cc1. The molecule has 2 aromatic carbocycles. The van der Waals surface area contributed by atoms with Gasteiger partial charge in [-0.15, -0.1) is 11.8 Å². The molecule has 7 heteroatoms. The van der Waals surface area contributed by atoms with E-state index in [-0.39, 0.29) is 11.9 Å². The second-order valence-corrected chi connectivity index (χ2v) is 7.31. The number of nitriles is 1. The highest BCUT2D eigenvalue weighted by atomic mass is 32.2. The van der Waals surface area contributed by atoms with Gasteiger partial charge in [0.05, 0.1) is 35.9 Å². The number of ether oxygens (including phenoxy) is 1. The summed E-state index contributed by atoms with van der Waals surface area (Å²) in [5, 5.41) is 9.01. The minimum atomic E-state index is -0.196. The van der Waals surface area contributed by atoms with E-state index in [4.69, 9.17) is 10.00 Å². The Bertz CT molecular complexity index is 961. The lowest BCUT2D eigenvalue weighted by Gasteiger charge is -2.13. The maximum Gasteiger partial charge on any atom is 0.309 e. The van der Waals surface area contributed by atoms with Crippen molar-refractivity contribution >= 4 is 40.5 Å². The molecule has 1 heterocycles. The zero-order chi connectivity index (χ0) is 18.5. The van der Waals surface area contributed by atoms with Gasteiger partial charge >= 0.3 is 5.97 Å². The van der Waals surface area contributed by atoms with Crippen LogP contribution in [0.4, 0.5) is 0 Å². The zero-order valence-corrected chi connectivity index (χ0v) is 16.1. The van der Waals surface area contributed by atoms with Crippen LogP contribution in [0.5, 0.6) is 0 Å². The number of carbonyl (C=O) groups excluding carboxylic acids is 1. The first-order chi connectivity index (χ1) is 12.6. The average Bonchev–Trinajstić information content (AvgIpc) is 3.14. The van der Waals surface area contributed by atoms with Crippen molar-refractivity contribution in [2.45, 2.75) is 18.7 Å². The fraction of sp³-hybridized carbons (Fsp3) is 0.263. The third kappa shape index (κ3) is 3.87. The maximum atomic E-state index is 11.9. The van der Waals surface area contributed by atoms with Crippen LogP contribution in [-0.2, 0) is 9.53 Å². The van der Waals surface area contributed by atoms with Gasteiger partial charge in [0.2, 0.25) is 0 Å². The highest BCUT2D eigenvalue weighted by Gasteiger charge is 2.18. The third-order valence-corrected chi connectivity index (χ3v) is 5.73. The Morgan fingerprint density at radius 1 is 1.27 bits per heavy atom. The molecule has 132 valence electrons. The summed E-state index contributed by atoms with van der Waals surface area (Å²) in [4.78, 5) is 12.9. The van der Waals surface area contributed by atoms with Crippen LogP contribution in [0, 0.1) is 17.2 Å². The van der Waals surface area contributed by atoms with Gasteiger partial charge in [-0.1, -0.05) is 19.1 Å². The van der Waals surface area contributed by atoms with Crippen molar-refractivity contribution in [1.82, 2.24) is 8.75 Å². The van der Waals surface area contributed by atoms with Crippen LogP contribution in [0.15, 0.2) is 41.3 Å². The lowest BCUT2D eigenvalue weighted by atomic mass is 10.0. The van der Waals surface area contributed by atoms with Crippen molar-refractivity contribution in [1.29, 1.82) is 5.26 Å². The summed E-state index contributed by atoms with van der Waals surface area (Å²) >= 11 is 2.78. The minimum absolute atomic E-state index is 0.184. The summed E-state index contributed by atoms with van der Waals surface area (Å²) in [6, 6.07) is 13.5. The van der Waals surface area contributed by atoms with Crippen LogP contribution in [-0.4, -0.2) is 27.1 Å². The first-order valence-corrected chi connectivity index (χ1v) is 9.91. The molecule has 0 aliphatic carbocycles. The molecule has 1 aromatic heterocycles. The van der Waals surface area contributed by atoms with Crippen molar-refractivity contribution in [2.24, 2.45) is 5.92 Å². The van der Waals surface area contributed by atoms with Crippen LogP contribution < -0.4 is 0 Å². The molecule has 0 bridgehead atoms. The van der Waals surface area contributed by atoms with Crippen LogP contribution >= 0.6 is 23.5 Å². The van der Waals surface area contributed by atoms with Crippen molar-refractivity contribution < 1.29 is 9.53 Å². The number of aromatic nitrogens is 2. The molecule has 0 radical (unpaired) electrons. The molecule has 0 saturated carbocycles. The standard InChI is InChI=1S/C19H17N3O2S2/c1-3-24-19(23)12(2)11-25-16-9-8-15-18(22-26-21-15)17(16)14-6-4-13(10-20)5-7-14/h4-9,12H,3,11H2,1-2H3. The van der Waals surface area contributed by atoms with Crippen molar-refractivity contribution in [3.63, 3.8) is 0 Å². The smallest absolute Gasteiger partial charge is 0.309 e. The number of nitrogens with zero attached hydrogens (tertiary/aromatic N) is 3. The number of fused-ring (bicyclic) bond motifs is 1. The van der Waals surface area contributed by atoms with Gasteiger partial charge in [0.15, 0.2) is 0 Å². The highest BCUT2D eigenvalue weighted by molar-refractivity contribution is 7.99. The van der Waals surface area contributed by atoms with E-state index in [1.54, 1.807) is 23.9 Å². The fourth-order valence-electron chi connectivity index (χ4n) is 2.51. The molecule has 0 aliphatic rings. The van der Waals surface area contributed by atoms with E-state index in [1.165, 1.54) is 11.7 Å². The number of benzene rings is 2. The van der Waals surface area contributed by atoms with Gasteiger partial charge in [-0.2, -0.15) is 14.0 Å². The van der Waals surface area contributed by atoms with Crippen LogP contribution in [0.3, 0.4) is 0 Å². The molecule has 1 atom stereocenters. The number of hydrogen-bond donors (Lipinski definition) is 0. The van der Waals surface area contributed by atoms with Crippen LogP contribution in [0.1, 0.15) is 19.4 Å². The average molecular weight is 383 g/mol. The topological polar surface area (TPSA) is 75.9 Å². The number of hydrogen-bond acceptors (Lipinski definition) is 7. The molecule has 3 aromatic rings. The Balaban J connectivity index is 1.95. The molecule has 3 rings (SSSR count). The summed E-state index contributed by atoms with van der Waals surface area (Å²) in [6.07, 6.45) is 0. The summed E-state index contributed by atoms with van der Waals surface area (Å²) in [7, 11) is 0. The molecule has 0 spiro atoms. The maximum absolute atomic E-state index is 11.9. The monoisotopic (exact) mass is 383 g/mol. The molecular weight excluding hydrogens is 366 g/mol. The van der Waals surface area contributed by atoms with E-state index in [0.717, 1.165) is 27.1 Å². The Hall–Kier alpha value is -2.43. The Labute approximate surface area is 160 Å². The van der Waals surface area contributed by atoms with Gasteiger partial charge in [-0.05, 0) is 36.8 Å². The molecule has 0 aliphatic heterocycles. The second kappa shape index (κ2) is 8.30.